The van der Waals surface area contributed by atoms with E-state index in [9.17, 15) is 9.59 Å². The standard InChI is InChI=1S/C23H32N4O2/c1-26(2)15-13-22(28)24-20-9-5-18(6-10-20)17-19-7-11-21(12-8-19)25-23(29)14-16-27(3)4/h5-12H,13-17H2,1-4H3,(H,24,28)(H,25,29). The molecule has 0 saturated heterocycles. The summed E-state index contributed by atoms with van der Waals surface area (Å²) in [5, 5.41) is 5.84. The van der Waals surface area contributed by atoms with Crippen molar-refractivity contribution in [1.29, 1.82) is 0 Å². The first kappa shape index (κ1) is 22.6. The Morgan fingerprint density at radius 1 is 0.655 bits per heavy atom. The van der Waals surface area contributed by atoms with Crippen LogP contribution in [0, 0.1) is 0 Å². The number of carbonyl (C=O) groups is 2. The van der Waals surface area contributed by atoms with E-state index in [1.807, 2.05) is 86.5 Å². The molecular weight excluding hydrogens is 364 g/mol. The molecule has 0 heterocycles. The molecule has 29 heavy (non-hydrogen) atoms. The minimum absolute atomic E-state index is 0.0228. The minimum Gasteiger partial charge on any atom is -0.326 e. The molecule has 6 heteroatoms. The van der Waals surface area contributed by atoms with Gasteiger partial charge in [-0.25, -0.2) is 0 Å². The maximum absolute atomic E-state index is 11.9. The van der Waals surface area contributed by atoms with Crippen molar-refractivity contribution in [1.82, 2.24) is 9.80 Å². The monoisotopic (exact) mass is 396 g/mol. The molecule has 0 aliphatic carbocycles. The van der Waals surface area contributed by atoms with Gasteiger partial charge in [0.05, 0.1) is 0 Å². The van der Waals surface area contributed by atoms with Crippen LogP contribution in [-0.4, -0.2) is 62.9 Å². The molecule has 6 nitrogen and oxygen atoms in total. The molecule has 0 fully saturated rings. The Morgan fingerprint density at radius 2 is 1.00 bits per heavy atom. The highest BCUT2D eigenvalue weighted by atomic mass is 16.2. The zero-order valence-electron chi connectivity index (χ0n) is 17.9. The van der Waals surface area contributed by atoms with Gasteiger partial charge in [0, 0.05) is 37.3 Å². The van der Waals surface area contributed by atoms with Crippen LogP contribution in [0.4, 0.5) is 11.4 Å². The number of rotatable bonds is 10. The van der Waals surface area contributed by atoms with Gasteiger partial charge in [0.25, 0.3) is 0 Å². The predicted octanol–water partition coefficient (Wildman–Crippen LogP) is 3.06. The first-order valence-electron chi connectivity index (χ1n) is 9.89. The van der Waals surface area contributed by atoms with Crippen molar-refractivity contribution >= 4 is 23.2 Å². The van der Waals surface area contributed by atoms with E-state index in [2.05, 4.69) is 10.6 Å². The average Bonchev–Trinajstić information content (AvgIpc) is 2.68. The lowest BCUT2D eigenvalue weighted by Crippen LogP contribution is -2.20. The molecule has 0 bridgehead atoms. The highest BCUT2D eigenvalue weighted by molar-refractivity contribution is 5.91. The fraction of sp³-hybridized carbons (Fsp3) is 0.391. The van der Waals surface area contributed by atoms with Crippen molar-refractivity contribution in [3.63, 3.8) is 0 Å². The summed E-state index contributed by atoms with van der Waals surface area (Å²) in [5.41, 5.74) is 3.96. The zero-order chi connectivity index (χ0) is 21.2. The van der Waals surface area contributed by atoms with Crippen LogP contribution in [-0.2, 0) is 16.0 Å². The van der Waals surface area contributed by atoms with Crippen LogP contribution in [0.1, 0.15) is 24.0 Å². The van der Waals surface area contributed by atoms with E-state index in [0.717, 1.165) is 30.9 Å². The normalized spacial score (nSPS) is 11.0. The predicted molar refractivity (Wildman–Crippen MR) is 119 cm³/mol. The number of carbonyl (C=O) groups excluding carboxylic acids is 2. The lowest BCUT2D eigenvalue weighted by molar-refractivity contribution is -0.117. The average molecular weight is 397 g/mol. The van der Waals surface area contributed by atoms with Gasteiger partial charge in [0.2, 0.25) is 11.8 Å². The molecule has 2 aromatic rings. The van der Waals surface area contributed by atoms with E-state index in [-0.39, 0.29) is 11.8 Å². The lowest BCUT2D eigenvalue weighted by atomic mass is 10.0. The van der Waals surface area contributed by atoms with Crippen molar-refractivity contribution < 1.29 is 9.59 Å². The zero-order valence-corrected chi connectivity index (χ0v) is 17.9. The van der Waals surface area contributed by atoms with E-state index < -0.39 is 0 Å². The summed E-state index contributed by atoms with van der Waals surface area (Å²) in [6.07, 6.45) is 1.75. The summed E-state index contributed by atoms with van der Waals surface area (Å²) in [6.45, 7) is 1.46. The van der Waals surface area contributed by atoms with Gasteiger partial charge in [-0.3, -0.25) is 9.59 Å². The van der Waals surface area contributed by atoms with Crippen molar-refractivity contribution in [2.24, 2.45) is 0 Å². The van der Waals surface area contributed by atoms with E-state index in [4.69, 9.17) is 0 Å². The van der Waals surface area contributed by atoms with E-state index in [1.54, 1.807) is 0 Å². The van der Waals surface area contributed by atoms with Crippen LogP contribution < -0.4 is 10.6 Å². The third kappa shape index (κ3) is 8.89. The van der Waals surface area contributed by atoms with Crippen LogP contribution in [0.25, 0.3) is 0 Å². The summed E-state index contributed by atoms with van der Waals surface area (Å²) < 4.78 is 0. The van der Waals surface area contributed by atoms with Gasteiger partial charge in [-0.1, -0.05) is 24.3 Å². The summed E-state index contributed by atoms with van der Waals surface area (Å²) in [6, 6.07) is 15.8. The number of hydrogen-bond donors (Lipinski definition) is 2. The van der Waals surface area contributed by atoms with Gasteiger partial charge >= 0.3 is 0 Å². The summed E-state index contributed by atoms with van der Waals surface area (Å²) >= 11 is 0. The van der Waals surface area contributed by atoms with Crippen LogP contribution in [0.3, 0.4) is 0 Å². The van der Waals surface area contributed by atoms with Gasteiger partial charge in [-0.05, 0) is 70.0 Å². The highest BCUT2D eigenvalue weighted by Crippen LogP contribution is 2.16. The third-order valence-electron chi connectivity index (χ3n) is 4.46. The van der Waals surface area contributed by atoms with Gasteiger partial charge in [0.15, 0.2) is 0 Å². The van der Waals surface area contributed by atoms with Gasteiger partial charge in [-0.2, -0.15) is 0 Å². The van der Waals surface area contributed by atoms with Crippen LogP contribution in [0.2, 0.25) is 0 Å². The highest BCUT2D eigenvalue weighted by Gasteiger charge is 2.05. The van der Waals surface area contributed by atoms with E-state index >= 15 is 0 Å². The Morgan fingerprint density at radius 3 is 1.31 bits per heavy atom. The molecule has 2 N–H and O–H groups in total. The van der Waals surface area contributed by atoms with Gasteiger partial charge in [-0.15, -0.1) is 0 Å². The third-order valence-corrected chi connectivity index (χ3v) is 4.46. The SMILES string of the molecule is CN(C)CCC(=O)Nc1ccc(Cc2ccc(NC(=O)CCN(C)C)cc2)cc1. The van der Waals surface area contributed by atoms with Crippen molar-refractivity contribution in [2.45, 2.75) is 19.3 Å². The minimum atomic E-state index is 0.0228. The van der Waals surface area contributed by atoms with Crippen LogP contribution in [0.15, 0.2) is 48.5 Å². The second-order valence-corrected chi connectivity index (χ2v) is 7.77. The van der Waals surface area contributed by atoms with Crippen LogP contribution >= 0.6 is 0 Å². The molecule has 0 unspecified atom stereocenters. The molecule has 0 aromatic heterocycles. The second-order valence-electron chi connectivity index (χ2n) is 7.77. The molecular formula is C23H32N4O2. The molecule has 0 saturated carbocycles. The maximum Gasteiger partial charge on any atom is 0.225 e. The maximum atomic E-state index is 11.9. The molecule has 2 rings (SSSR count). The van der Waals surface area contributed by atoms with Crippen molar-refractivity contribution in [3.05, 3.63) is 59.7 Å². The largest absolute Gasteiger partial charge is 0.326 e. The van der Waals surface area contributed by atoms with E-state index in [0.29, 0.717) is 12.8 Å². The number of amides is 2. The molecule has 2 aromatic carbocycles. The second kappa shape index (κ2) is 11.3. The summed E-state index contributed by atoms with van der Waals surface area (Å²) in [5.74, 6) is 0.0457. The number of nitrogens with one attached hydrogen (secondary N) is 2. The van der Waals surface area contributed by atoms with Crippen molar-refractivity contribution in [2.75, 3.05) is 51.9 Å². The molecule has 2 amide bonds. The van der Waals surface area contributed by atoms with Gasteiger partial charge in [0.1, 0.15) is 0 Å². The quantitative estimate of drug-likeness (QED) is 0.648. The Bertz CT molecular complexity index is 716. The van der Waals surface area contributed by atoms with E-state index in [1.165, 1.54) is 11.1 Å². The lowest BCUT2D eigenvalue weighted by Gasteiger charge is -2.11. The first-order chi connectivity index (χ1) is 13.8. The number of nitrogens with zero attached hydrogens (tertiary/aromatic N) is 2. The number of benzene rings is 2. The van der Waals surface area contributed by atoms with Gasteiger partial charge < -0.3 is 20.4 Å². The number of anilines is 2. The molecule has 0 aliphatic heterocycles. The number of hydrogen-bond acceptors (Lipinski definition) is 4. The smallest absolute Gasteiger partial charge is 0.225 e. The Balaban J connectivity index is 1.83. The van der Waals surface area contributed by atoms with Crippen molar-refractivity contribution in [3.8, 4) is 0 Å². The molecule has 0 radical (unpaired) electrons. The fourth-order valence-corrected chi connectivity index (χ4v) is 2.74. The topological polar surface area (TPSA) is 64.7 Å². The molecule has 0 aliphatic rings. The first-order valence-corrected chi connectivity index (χ1v) is 9.89. The Labute approximate surface area is 173 Å². The summed E-state index contributed by atoms with van der Waals surface area (Å²) in [7, 11) is 7.81. The molecule has 0 atom stereocenters. The molecule has 156 valence electrons. The summed E-state index contributed by atoms with van der Waals surface area (Å²) in [4.78, 5) is 27.8. The molecule has 0 spiro atoms. The van der Waals surface area contributed by atoms with Crippen LogP contribution in [0.5, 0.6) is 0 Å². The fourth-order valence-electron chi connectivity index (χ4n) is 2.74. The Hall–Kier alpha value is -2.70. The Kier molecular flexibility index (Phi) is 8.83.